The van der Waals surface area contributed by atoms with Crippen molar-refractivity contribution in [1.29, 1.82) is 0 Å². The number of imidazole rings is 1. The number of pyridine rings is 2. The van der Waals surface area contributed by atoms with Gasteiger partial charge in [-0.15, -0.1) is 0 Å². The van der Waals surface area contributed by atoms with Crippen LogP contribution in [0.1, 0.15) is 32.0 Å². The summed E-state index contributed by atoms with van der Waals surface area (Å²) in [5.41, 5.74) is 7.35. The Hall–Kier alpha value is -3.73. The first-order valence-corrected chi connectivity index (χ1v) is 10.9. The van der Waals surface area contributed by atoms with Gasteiger partial charge in [-0.2, -0.15) is 0 Å². The number of aromatic nitrogens is 4. The summed E-state index contributed by atoms with van der Waals surface area (Å²) in [6.45, 7) is 10.8. The Kier molecular flexibility index (Phi) is 3.79. The van der Waals surface area contributed by atoms with E-state index in [4.69, 9.17) is 14.4 Å². The second-order valence-corrected chi connectivity index (χ2v) is 9.49. The molecule has 0 aliphatic heterocycles. The van der Waals surface area contributed by atoms with Crippen molar-refractivity contribution in [2.75, 3.05) is 0 Å². The van der Waals surface area contributed by atoms with Crippen molar-refractivity contribution < 1.29 is 4.42 Å². The van der Waals surface area contributed by atoms with E-state index in [-0.39, 0.29) is 5.54 Å². The maximum absolute atomic E-state index is 6.31. The van der Waals surface area contributed by atoms with Gasteiger partial charge in [-0.1, -0.05) is 18.2 Å². The topological polar surface area (TPSA) is 56.7 Å². The van der Waals surface area contributed by atoms with Gasteiger partial charge in [0.15, 0.2) is 0 Å². The largest absolute Gasteiger partial charge is 0.437 e. The van der Waals surface area contributed by atoms with E-state index in [2.05, 4.69) is 79.7 Å². The van der Waals surface area contributed by atoms with Gasteiger partial charge < -0.3 is 8.98 Å². The molecule has 6 rings (SSSR count). The van der Waals surface area contributed by atoms with E-state index in [0.29, 0.717) is 5.71 Å². The molecule has 5 heteroatoms. The van der Waals surface area contributed by atoms with Crippen LogP contribution in [0.3, 0.4) is 0 Å². The SMILES string of the molecule is Cc1ccc2ccc3nc(-c4ccc(C)c5c4oc4ncccc45)n(C(C)(C)C)c3c2n1. The van der Waals surface area contributed by atoms with E-state index in [0.717, 1.165) is 60.9 Å². The van der Waals surface area contributed by atoms with Crippen LogP contribution in [0.2, 0.25) is 0 Å². The first-order valence-electron chi connectivity index (χ1n) is 10.9. The standard InChI is InChI=1S/C27H24N4O/c1-15-8-12-19(24-21(15)18-7-6-14-28-26(18)32-24)25-30-20-13-11-17-10-9-16(2)29-22(17)23(20)31(25)27(3,4)5/h6-14H,1-5H3. The van der Waals surface area contributed by atoms with Gasteiger partial charge in [-0.3, -0.25) is 4.98 Å². The van der Waals surface area contributed by atoms with Crippen LogP contribution in [-0.4, -0.2) is 19.5 Å². The van der Waals surface area contributed by atoms with E-state index in [1.165, 1.54) is 0 Å². The third-order valence-corrected chi connectivity index (χ3v) is 6.13. The van der Waals surface area contributed by atoms with Crippen molar-refractivity contribution in [3.63, 3.8) is 0 Å². The molecule has 0 amide bonds. The highest BCUT2D eigenvalue weighted by Gasteiger charge is 2.27. The molecule has 6 aromatic rings. The smallest absolute Gasteiger partial charge is 0.227 e. The van der Waals surface area contributed by atoms with Gasteiger partial charge in [0.1, 0.15) is 11.4 Å². The number of nitrogens with zero attached hydrogens (tertiary/aromatic N) is 4. The van der Waals surface area contributed by atoms with E-state index in [1.807, 2.05) is 13.0 Å². The molecule has 4 aromatic heterocycles. The van der Waals surface area contributed by atoms with Gasteiger partial charge in [-0.05, 0) is 70.5 Å². The molecule has 0 N–H and O–H groups in total. The summed E-state index contributed by atoms with van der Waals surface area (Å²) in [5, 5.41) is 3.24. The number of furan rings is 1. The van der Waals surface area contributed by atoms with Crippen molar-refractivity contribution in [3.05, 3.63) is 66.0 Å². The lowest BCUT2D eigenvalue weighted by atomic mass is 10.0. The van der Waals surface area contributed by atoms with Crippen LogP contribution in [0.25, 0.3) is 55.4 Å². The maximum Gasteiger partial charge on any atom is 0.227 e. The third-order valence-electron chi connectivity index (χ3n) is 6.13. The Balaban J connectivity index is 1.80. The van der Waals surface area contributed by atoms with Crippen molar-refractivity contribution in [3.8, 4) is 11.4 Å². The normalized spacial score (nSPS) is 12.5. The zero-order valence-electron chi connectivity index (χ0n) is 18.9. The highest BCUT2D eigenvalue weighted by molar-refractivity contribution is 6.11. The first-order chi connectivity index (χ1) is 15.3. The van der Waals surface area contributed by atoms with Crippen molar-refractivity contribution in [2.45, 2.75) is 40.2 Å². The molecule has 4 heterocycles. The third kappa shape index (κ3) is 2.60. The number of hydrogen-bond acceptors (Lipinski definition) is 4. The highest BCUT2D eigenvalue weighted by Crippen LogP contribution is 2.40. The van der Waals surface area contributed by atoms with Gasteiger partial charge in [0.05, 0.1) is 22.1 Å². The summed E-state index contributed by atoms with van der Waals surface area (Å²) in [6.07, 6.45) is 1.77. The minimum atomic E-state index is -0.217. The Morgan fingerprint density at radius 1 is 0.906 bits per heavy atom. The summed E-state index contributed by atoms with van der Waals surface area (Å²) >= 11 is 0. The molecule has 0 aliphatic rings. The van der Waals surface area contributed by atoms with Gasteiger partial charge in [0.2, 0.25) is 5.71 Å². The summed E-state index contributed by atoms with van der Waals surface area (Å²) < 4.78 is 8.62. The van der Waals surface area contributed by atoms with Crippen LogP contribution in [0, 0.1) is 13.8 Å². The molecule has 0 saturated carbocycles. The molecule has 0 unspecified atom stereocenters. The van der Waals surface area contributed by atoms with E-state index in [9.17, 15) is 0 Å². The summed E-state index contributed by atoms with van der Waals surface area (Å²) in [6, 6.07) is 16.7. The summed E-state index contributed by atoms with van der Waals surface area (Å²) in [7, 11) is 0. The van der Waals surface area contributed by atoms with Gasteiger partial charge in [0.25, 0.3) is 0 Å². The van der Waals surface area contributed by atoms with Crippen LogP contribution in [0.15, 0.2) is 59.1 Å². The number of fused-ring (bicyclic) bond motifs is 6. The first kappa shape index (κ1) is 19.0. The summed E-state index contributed by atoms with van der Waals surface area (Å²) in [5.74, 6) is 0.882. The monoisotopic (exact) mass is 420 g/mol. The number of hydrogen-bond donors (Lipinski definition) is 0. The molecule has 0 fully saturated rings. The minimum absolute atomic E-state index is 0.217. The number of rotatable bonds is 1. The zero-order chi connectivity index (χ0) is 22.2. The lowest BCUT2D eigenvalue weighted by Gasteiger charge is -2.25. The molecule has 0 atom stereocenters. The fourth-order valence-electron chi connectivity index (χ4n) is 4.73. The van der Waals surface area contributed by atoms with Crippen LogP contribution in [-0.2, 0) is 5.54 Å². The number of benzene rings is 2. The molecule has 0 aliphatic carbocycles. The van der Waals surface area contributed by atoms with Crippen molar-refractivity contribution >= 4 is 44.0 Å². The Bertz CT molecular complexity index is 1680. The minimum Gasteiger partial charge on any atom is -0.437 e. The Labute approximate surface area is 185 Å². The van der Waals surface area contributed by atoms with E-state index in [1.54, 1.807) is 6.20 Å². The maximum atomic E-state index is 6.31. The molecule has 0 spiro atoms. The van der Waals surface area contributed by atoms with Crippen LogP contribution < -0.4 is 0 Å². The molecule has 0 bridgehead atoms. The average Bonchev–Trinajstić information content (AvgIpc) is 3.33. The quantitative estimate of drug-likeness (QED) is 0.290. The summed E-state index contributed by atoms with van der Waals surface area (Å²) in [4.78, 5) is 14.5. The fourth-order valence-corrected chi connectivity index (χ4v) is 4.73. The Morgan fingerprint density at radius 2 is 1.72 bits per heavy atom. The zero-order valence-corrected chi connectivity index (χ0v) is 18.9. The predicted molar refractivity (Wildman–Crippen MR) is 130 cm³/mol. The molecule has 5 nitrogen and oxygen atoms in total. The van der Waals surface area contributed by atoms with Crippen molar-refractivity contribution in [2.24, 2.45) is 0 Å². The van der Waals surface area contributed by atoms with Crippen LogP contribution in [0.5, 0.6) is 0 Å². The van der Waals surface area contributed by atoms with Crippen LogP contribution >= 0.6 is 0 Å². The predicted octanol–water partition coefficient (Wildman–Crippen LogP) is 6.92. The lowest BCUT2D eigenvalue weighted by Crippen LogP contribution is -2.23. The fraction of sp³-hybridized carbons (Fsp3) is 0.222. The van der Waals surface area contributed by atoms with Crippen LogP contribution in [0.4, 0.5) is 0 Å². The molecule has 32 heavy (non-hydrogen) atoms. The Morgan fingerprint density at radius 3 is 2.53 bits per heavy atom. The van der Waals surface area contributed by atoms with Gasteiger partial charge in [0, 0.05) is 33.6 Å². The molecule has 0 radical (unpaired) electrons. The second-order valence-electron chi connectivity index (χ2n) is 9.49. The molecular formula is C27H24N4O. The van der Waals surface area contributed by atoms with E-state index >= 15 is 0 Å². The van der Waals surface area contributed by atoms with Gasteiger partial charge >= 0.3 is 0 Å². The number of aryl methyl sites for hydroxylation is 2. The average molecular weight is 421 g/mol. The molecular weight excluding hydrogens is 396 g/mol. The molecule has 0 saturated heterocycles. The lowest BCUT2D eigenvalue weighted by molar-refractivity contribution is 0.413. The van der Waals surface area contributed by atoms with Gasteiger partial charge in [-0.25, -0.2) is 9.97 Å². The highest BCUT2D eigenvalue weighted by atomic mass is 16.3. The van der Waals surface area contributed by atoms with E-state index < -0.39 is 0 Å². The molecule has 2 aromatic carbocycles. The second kappa shape index (κ2) is 6.39. The molecule has 158 valence electrons. The van der Waals surface area contributed by atoms with Crippen molar-refractivity contribution in [1.82, 2.24) is 19.5 Å².